The lowest BCUT2D eigenvalue weighted by atomic mass is 9.80. The van der Waals surface area contributed by atoms with Crippen LogP contribution >= 0.6 is 0 Å². The fourth-order valence-corrected chi connectivity index (χ4v) is 1.83. The highest BCUT2D eigenvalue weighted by atomic mass is 16.4. The number of aliphatic carboxylic acids is 1. The van der Waals surface area contributed by atoms with Gasteiger partial charge < -0.3 is 5.11 Å². The van der Waals surface area contributed by atoms with E-state index in [1.807, 2.05) is 13.8 Å². The molecule has 0 heterocycles. The zero-order valence-corrected chi connectivity index (χ0v) is 9.81. The van der Waals surface area contributed by atoms with Gasteiger partial charge in [-0.25, -0.2) is 0 Å². The van der Waals surface area contributed by atoms with Gasteiger partial charge in [-0.2, -0.15) is 0 Å². The Labute approximate surface area is 87.7 Å². The Morgan fingerprint density at radius 1 is 1.07 bits per heavy atom. The van der Waals surface area contributed by atoms with E-state index in [9.17, 15) is 4.79 Å². The number of carboxylic acids is 1. The smallest absolute Gasteiger partial charge is 0.309 e. The molecule has 84 valence electrons. The molecule has 1 unspecified atom stereocenters. The van der Waals surface area contributed by atoms with Gasteiger partial charge in [0.15, 0.2) is 0 Å². The zero-order chi connectivity index (χ0) is 11.0. The van der Waals surface area contributed by atoms with Crippen LogP contribution in [0.15, 0.2) is 0 Å². The minimum absolute atomic E-state index is 0.484. The van der Waals surface area contributed by atoms with Crippen molar-refractivity contribution in [2.75, 3.05) is 0 Å². The maximum Gasteiger partial charge on any atom is 0.309 e. The number of rotatable bonds is 8. The number of hydrogen-bond donors (Lipinski definition) is 1. The fourth-order valence-electron chi connectivity index (χ4n) is 1.83. The van der Waals surface area contributed by atoms with Crippen molar-refractivity contribution < 1.29 is 9.90 Å². The third-order valence-corrected chi connectivity index (χ3v) is 2.90. The molecule has 0 aliphatic rings. The lowest BCUT2D eigenvalue weighted by Crippen LogP contribution is -2.27. The Kier molecular flexibility index (Phi) is 6.60. The first-order valence-corrected chi connectivity index (χ1v) is 5.80. The van der Waals surface area contributed by atoms with Crippen molar-refractivity contribution in [3.63, 3.8) is 0 Å². The summed E-state index contributed by atoms with van der Waals surface area (Å²) < 4.78 is 0. The van der Waals surface area contributed by atoms with E-state index in [-0.39, 0.29) is 0 Å². The Bertz CT molecular complexity index is 166. The van der Waals surface area contributed by atoms with Gasteiger partial charge in [0.2, 0.25) is 0 Å². The van der Waals surface area contributed by atoms with Gasteiger partial charge >= 0.3 is 5.97 Å². The third-order valence-electron chi connectivity index (χ3n) is 2.90. The van der Waals surface area contributed by atoms with Gasteiger partial charge in [0, 0.05) is 0 Å². The first kappa shape index (κ1) is 13.5. The van der Waals surface area contributed by atoms with Crippen LogP contribution in [-0.2, 0) is 4.79 Å². The van der Waals surface area contributed by atoms with Gasteiger partial charge in [-0.05, 0) is 19.8 Å². The van der Waals surface area contributed by atoms with E-state index in [0.29, 0.717) is 0 Å². The number of hydrogen-bond acceptors (Lipinski definition) is 1. The summed E-state index contributed by atoms with van der Waals surface area (Å²) in [7, 11) is 0. The second-order valence-corrected chi connectivity index (χ2v) is 4.43. The average molecular weight is 200 g/mol. The molecule has 0 radical (unpaired) electrons. The minimum atomic E-state index is -0.629. The highest BCUT2D eigenvalue weighted by Crippen LogP contribution is 2.30. The van der Waals surface area contributed by atoms with Crippen LogP contribution in [0.5, 0.6) is 0 Å². The van der Waals surface area contributed by atoms with E-state index in [1.54, 1.807) is 0 Å². The number of carboxylic acid groups (broad SMARTS) is 1. The third kappa shape index (κ3) is 4.64. The first-order chi connectivity index (χ1) is 6.56. The summed E-state index contributed by atoms with van der Waals surface area (Å²) in [5.74, 6) is -0.629. The van der Waals surface area contributed by atoms with Crippen LogP contribution in [0.4, 0.5) is 0 Å². The molecule has 0 bridgehead atoms. The van der Waals surface area contributed by atoms with Crippen molar-refractivity contribution in [3.05, 3.63) is 0 Å². The maximum absolute atomic E-state index is 11.1. The van der Waals surface area contributed by atoms with Crippen LogP contribution in [0.25, 0.3) is 0 Å². The van der Waals surface area contributed by atoms with Crippen molar-refractivity contribution in [3.8, 4) is 0 Å². The molecule has 1 atom stereocenters. The molecule has 0 aromatic heterocycles. The summed E-state index contributed by atoms with van der Waals surface area (Å²) in [6.45, 7) is 6.10. The topological polar surface area (TPSA) is 37.3 Å². The van der Waals surface area contributed by atoms with E-state index in [4.69, 9.17) is 5.11 Å². The Morgan fingerprint density at radius 3 is 2.14 bits per heavy atom. The molecule has 2 nitrogen and oxygen atoms in total. The molecule has 14 heavy (non-hydrogen) atoms. The van der Waals surface area contributed by atoms with Crippen molar-refractivity contribution in [1.82, 2.24) is 0 Å². The molecule has 2 heteroatoms. The quantitative estimate of drug-likeness (QED) is 0.604. The SMILES string of the molecule is CCCCCCC(C)(CCC)C(=O)O. The first-order valence-electron chi connectivity index (χ1n) is 5.80. The van der Waals surface area contributed by atoms with Crippen LogP contribution in [0.1, 0.15) is 65.7 Å². The Balaban J connectivity index is 3.90. The minimum Gasteiger partial charge on any atom is -0.481 e. The molecule has 0 aromatic rings. The van der Waals surface area contributed by atoms with Gasteiger partial charge in [0.05, 0.1) is 5.41 Å². The van der Waals surface area contributed by atoms with Crippen LogP contribution in [-0.4, -0.2) is 11.1 Å². The van der Waals surface area contributed by atoms with Crippen LogP contribution in [0, 0.1) is 5.41 Å². The van der Waals surface area contributed by atoms with Crippen molar-refractivity contribution >= 4 is 5.97 Å². The highest BCUT2D eigenvalue weighted by molar-refractivity contribution is 5.73. The molecule has 0 spiro atoms. The molecular formula is C12H24O2. The largest absolute Gasteiger partial charge is 0.481 e. The van der Waals surface area contributed by atoms with Crippen molar-refractivity contribution in [2.45, 2.75) is 65.7 Å². The zero-order valence-electron chi connectivity index (χ0n) is 9.81. The van der Waals surface area contributed by atoms with Crippen LogP contribution in [0.3, 0.4) is 0 Å². The van der Waals surface area contributed by atoms with Crippen molar-refractivity contribution in [2.24, 2.45) is 5.41 Å². The van der Waals surface area contributed by atoms with Gasteiger partial charge in [-0.1, -0.05) is 46.0 Å². The van der Waals surface area contributed by atoms with E-state index >= 15 is 0 Å². The predicted molar refractivity (Wildman–Crippen MR) is 59.4 cm³/mol. The monoisotopic (exact) mass is 200 g/mol. The summed E-state index contributed by atoms with van der Waals surface area (Å²) in [5.41, 5.74) is -0.484. The number of unbranched alkanes of at least 4 members (excludes halogenated alkanes) is 3. The second kappa shape index (κ2) is 6.86. The van der Waals surface area contributed by atoms with Gasteiger partial charge in [0.1, 0.15) is 0 Å². The Morgan fingerprint density at radius 2 is 1.71 bits per heavy atom. The van der Waals surface area contributed by atoms with E-state index in [0.717, 1.165) is 25.7 Å². The summed E-state index contributed by atoms with van der Waals surface area (Å²) in [4.78, 5) is 11.1. The molecule has 0 amide bonds. The lowest BCUT2D eigenvalue weighted by molar-refractivity contribution is -0.148. The van der Waals surface area contributed by atoms with E-state index in [1.165, 1.54) is 19.3 Å². The molecule has 0 fully saturated rings. The van der Waals surface area contributed by atoms with Gasteiger partial charge in [0.25, 0.3) is 0 Å². The van der Waals surface area contributed by atoms with E-state index in [2.05, 4.69) is 6.92 Å². The van der Waals surface area contributed by atoms with Crippen molar-refractivity contribution in [1.29, 1.82) is 0 Å². The molecule has 0 aliphatic carbocycles. The second-order valence-electron chi connectivity index (χ2n) is 4.43. The van der Waals surface area contributed by atoms with Gasteiger partial charge in [-0.15, -0.1) is 0 Å². The molecule has 0 saturated heterocycles. The van der Waals surface area contributed by atoms with Crippen LogP contribution in [0.2, 0.25) is 0 Å². The standard InChI is InChI=1S/C12H24O2/c1-4-6-7-8-10-12(3,9-5-2)11(13)14/h4-10H2,1-3H3,(H,13,14). The predicted octanol–water partition coefficient (Wildman–Crippen LogP) is 3.85. The lowest BCUT2D eigenvalue weighted by Gasteiger charge is -2.23. The molecule has 1 N–H and O–H groups in total. The van der Waals surface area contributed by atoms with Gasteiger partial charge in [-0.3, -0.25) is 4.79 Å². The average Bonchev–Trinajstić information content (AvgIpc) is 2.13. The summed E-state index contributed by atoms with van der Waals surface area (Å²) in [5, 5.41) is 9.12. The molecular weight excluding hydrogens is 176 g/mol. The number of carbonyl (C=O) groups is 1. The molecule has 0 saturated carbocycles. The normalized spacial score (nSPS) is 15.1. The molecule has 0 aromatic carbocycles. The molecule has 0 rings (SSSR count). The summed E-state index contributed by atoms with van der Waals surface area (Å²) in [6, 6.07) is 0. The summed E-state index contributed by atoms with van der Waals surface area (Å²) in [6.07, 6.45) is 7.24. The Hall–Kier alpha value is -0.530. The van der Waals surface area contributed by atoms with E-state index < -0.39 is 11.4 Å². The summed E-state index contributed by atoms with van der Waals surface area (Å²) >= 11 is 0. The molecule has 0 aliphatic heterocycles. The maximum atomic E-state index is 11.1. The highest BCUT2D eigenvalue weighted by Gasteiger charge is 2.30. The fraction of sp³-hybridized carbons (Fsp3) is 0.917. The van der Waals surface area contributed by atoms with Crippen LogP contribution < -0.4 is 0 Å².